The highest BCUT2D eigenvalue weighted by atomic mass is 16.3. The second-order valence-electron chi connectivity index (χ2n) is 6.68. The van der Waals surface area contributed by atoms with Crippen LogP contribution < -0.4 is 0 Å². The van der Waals surface area contributed by atoms with Gasteiger partial charge in [0.05, 0.1) is 12.7 Å². The van der Waals surface area contributed by atoms with Gasteiger partial charge >= 0.3 is 0 Å². The third kappa shape index (κ3) is 2.50. The molecule has 4 rings (SSSR count). The van der Waals surface area contributed by atoms with Crippen molar-refractivity contribution in [1.29, 1.82) is 0 Å². The largest absolute Gasteiger partial charge is 0.464 e. The van der Waals surface area contributed by atoms with Gasteiger partial charge in [0.15, 0.2) is 0 Å². The van der Waals surface area contributed by atoms with Crippen molar-refractivity contribution in [2.24, 2.45) is 5.92 Å². The molecular formula is C20H21NO2. The van der Waals surface area contributed by atoms with Crippen molar-refractivity contribution in [3.63, 3.8) is 0 Å². The van der Waals surface area contributed by atoms with E-state index < -0.39 is 0 Å². The zero-order chi connectivity index (χ0) is 16.0. The van der Waals surface area contributed by atoms with E-state index in [0.717, 1.165) is 21.9 Å². The van der Waals surface area contributed by atoms with Crippen LogP contribution >= 0.6 is 0 Å². The molecule has 1 atom stereocenters. The van der Waals surface area contributed by atoms with E-state index in [1.165, 1.54) is 18.2 Å². The first-order chi connectivity index (χ1) is 11.1. The van der Waals surface area contributed by atoms with Crippen LogP contribution in [-0.4, -0.2) is 23.9 Å². The molecule has 0 radical (unpaired) electrons. The molecule has 1 heterocycles. The van der Waals surface area contributed by atoms with Gasteiger partial charge in [0.25, 0.3) is 0 Å². The lowest BCUT2D eigenvalue weighted by Gasteiger charge is -2.24. The van der Waals surface area contributed by atoms with Gasteiger partial charge in [-0.1, -0.05) is 30.3 Å². The third-order valence-electron chi connectivity index (χ3n) is 5.19. The summed E-state index contributed by atoms with van der Waals surface area (Å²) in [5.74, 6) is 0.853. The van der Waals surface area contributed by atoms with Crippen LogP contribution in [0.5, 0.6) is 0 Å². The number of furan rings is 1. The summed E-state index contributed by atoms with van der Waals surface area (Å²) in [7, 11) is 1.92. The molecule has 1 aromatic heterocycles. The minimum Gasteiger partial charge on any atom is -0.464 e. The lowest BCUT2D eigenvalue weighted by Crippen LogP contribution is -2.37. The SMILES string of the molecule is C[C@@H](C1CC1)N(C)C(=O)Cc1coc2ccc3ccccc3c12. The Morgan fingerprint density at radius 1 is 1.26 bits per heavy atom. The summed E-state index contributed by atoms with van der Waals surface area (Å²) >= 11 is 0. The van der Waals surface area contributed by atoms with Crippen molar-refractivity contribution in [1.82, 2.24) is 4.90 Å². The zero-order valence-electron chi connectivity index (χ0n) is 13.6. The quantitative estimate of drug-likeness (QED) is 0.716. The molecule has 1 fully saturated rings. The smallest absolute Gasteiger partial charge is 0.227 e. The Morgan fingerprint density at radius 2 is 2.04 bits per heavy atom. The summed E-state index contributed by atoms with van der Waals surface area (Å²) in [5.41, 5.74) is 1.83. The predicted molar refractivity (Wildman–Crippen MR) is 92.4 cm³/mol. The maximum atomic E-state index is 12.6. The average molecular weight is 307 g/mol. The number of benzene rings is 2. The van der Waals surface area contributed by atoms with Crippen molar-refractivity contribution in [3.05, 3.63) is 48.2 Å². The number of fused-ring (bicyclic) bond motifs is 3. The Hall–Kier alpha value is -2.29. The molecule has 1 saturated carbocycles. The number of amides is 1. The second-order valence-corrected chi connectivity index (χ2v) is 6.68. The molecule has 0 N–H and O–H groups in total. The number of hydrogen-bond acceptors (Lipinski definition) is 2. The number of likely N-dealkylation sites (N-methyl/N-ethyl adjacent to an activating group) is 1. The van der Waals surface area contributed by atoms with Crippen LogP contribution in [0, 0.1) is 5.92 Å². The number of carbonyl (C=O) groups is 1. The molecule has 1 aliphatic rings. The van der Waals surface area contributed by atoms with Gasteiger partial charge in [0, 0.05) is 24.0 Å². The summed E-state index contributed by atoms with van der Waals surface area (Å²) < 4.78 is 5.69. The third-order valence-corrected chi connectivity index (χ3v) is 5.19. The lowest BCUT2D eigenvalue weighted by molar-refractivity contribution is -0.131. The van der Waals surface area contributed by atoms with Gasteiger partial charge in [-0.3, -0.25) is 4.79 Å². The van der Waals surface area contributed by atoms with Crippen molar-refractivity contribution in [2.75, 3.05) is 7.05 Å². The Kier molecular flexibility index (Phi) is 3.37. The van der Waals surface area contributed by atoms with Crippen LogP contribution in [0.2, 0.25) is 0 Å². The highest BCUT2D eigenvalue weighted by Gasteiger charge is 2.32. The molecule has 2 aromatic carbocycles. The number of rotatable bonds is 4. The highest BCUT2D eigenvalue weighted by molar-refractivity contribution is 6.08. The molecule has 3 aromatic rings. The normalized spacial score (nSPS) is 15.9. The Labute approximate surface area is 135 Å². The molecule has 0 spiro atoms. The number of carbonyl (C=O) groups excluding carboxylic acids is 1. The van der Waals surface area contributed by atoms with Crippen LogP contribution in [0.25, 0.3) is 21.7 Å². The van der Waals surface area contributed by atoms with E-state index >= 15 is 0 Å². The molecule has 3 nitrogen and oxygen atoms in total. The van der Waals surface area contributed by atoms with Gasteiger partial charge in [-0.15, -0.1) is 0 Å². The molecule has 3 heteroatoms. The molecular weight excluding hydrogens is 286 g/mol. The molecule has 0 unspecified atom stereocenters. The van der Waals surface area contributed by atoms with Gasteiger partial charge < -0.3 is 9.32 Å². The topological polar surface area (TPSA) is 33.5 Å². The molecule has 23 heavy (non-hydrogen) atoms. The first-order valence-electron chi connectivity index (χ1n) is 8.28. The van der Waals surface area contributed by atoms with E-state index in [1.807, 2.05) is 30.1 Å². The van der Waals surface area contributed by atoms with E-state index in [0.29, 0.717) is 18.4 Å². The van der Waals surface area contributed by atoms with Gasteiger partial charge in [-0.05, 0) is 42.5 Å². The summed E-state index contributed by atoms with van der Waals surface area (Å²) in [5, 5.41) is 3.40. The summed E-state index contributed by atoms with van der Waals surface area (Å²) in [6, 6.07) is 12.6. The van der Waals surface area contributed by atoms with E-state index in [1.54, 1.807) is 6.26 Å². The summed E-state index contributed by atoms with van der Waals surface area (Å²) in [6.07, 6.45) is 4.63. The minimum atomic E-state index is 0.167. The molecule has 0 saturated heterocycles. The fourth-order valence-electron chi connectivity index (χ4n) is 3.41. The van der Waals surface area contributed by atoms with Gasteiger partial charge in [0.1, 0.15) is 5.58 Å². The van der Waals surface area contributed by atoms with Gasteiger partial charge in [0.2, 0.25) is 5.91 Å². The van der Waals surface area contributed by atoms with Gasteiger partial charge in [-0.25, -0.2) is 0 Å². The first kappa shape index (κ1) is 14.3. The number of nitrogens with zero attached hydrogens (tertiary/aromatic N) is 1. The van der Waals surface area contributed by atoms with E-state index in [9.17, 15) is 4.79 Å². The van der Waals surface area contributed by atoms with Crippen molar-refractivity contribution >= 4 is 27.6 Å². The van der Waals surface area contributed by atoms with E-state index in [4.69, 9.17) is 4.42 Å². The minimum absolute atomic E-state index is 0.167. The fraction of sp³-hybridized carbons (Fsp3) is 0.350. The van der Waals surface area contributed by atoms with Crippen molar-refractivity contribution in [3.8, 4) is 0 Å². The molecule has 0 bridgehead atoms. The second kappa shape index (κ2) is 5.41. The Bertz CT molecular complexity index is 876. The Morgan fingerprint density at radius 3 is 2.83 bits per heavy atom. The van der Waals surface area contributed by atoms with Crippen molar-refractivity contribution in [2.45, 2.75) is 32.2 Å². The maximum Gasteiger partial charge on any atom is 0.227 e. The maximum absolute atomic E-state index is 12.6. The fourth-order valence-corrected chi connectivity index (χ4v) is 3.41. The summed E-state index contributed by atoms with van der Waals surface area (Å²) in [6.45, 7) is 2.15. The number of hydrogen-bond donors (Lipinski definition) is 0. The first-order valence-corrected chi connectivity index (χ1v) is 8.28. The van der Waals surface area contributed by atoms with Crippen LogP contribution in [0.4, 0.5) is 0 Å². The monoisotopic (exact) mass is 307 g/mol. The zero-order valence-corrected chi connectivity index (χ0v) is 13.6. The molecule has 1 amide bonds. The van der Waals surface area contributed by atoms with Crippen LogP contribution in [0.3, 0.4) is 0 Å². The molecule has 0 aliphatic heterocycles. The van der Waals surface area contributed by atoms with Crippen molar-refractivity contribution < 1.29 is 9.21 Å². The molecule has 118 valence electrons. The Balaban J connectivity index is 1.68. The van der Waals surface area contributed by atoms with Crippen LogP contribution in [0.15, 0.2) is 47.1 Å². The lowest BCUT2D eigenvalue weighted by atomic mass is 10.0. The van der Waals surface area contributed by atoms with Crippen LogP contribution in [0.1, 0.15) is 25.3 Å². The summed E-state index contributed by atoms with van der Waals surface area (Å²) in [4.78, 5) is 14.6. The van der Waals surface area contributed by atoms with Crippen LogP contribution in [-0.2, 0) is 11.2 Å². The van der Waals surface area contributed by atoms with E-state index in [2.05, 4.69) is 25.1 Å². The molecule has 1 aliphatic carbocycles. The predicted octanol–water partition coefficient (Wildman–Crippen LogP) is 4.39. The standard InChI is InChI=1S/C20H21NO2/c1-13(14-7-8-14)21(2)19(22)11-16-12-23-18-10-9-15-5-3-4-6-17(15)20(16)18/h3-6,9-10,12-14H,7-8,11H2,1-2H3/t13-/m0/s1. The average Bonchev–Trinajstić information content (AvgIpc) is 3.35. The van der Waals surface area contributed by atoms with Gasteiger partial charge in [-0.2, -0.15) is 0 Å². The highest BCUT2D eigenvalue weighted by Crippen LogP contribution is 2.35. The van der Waals surface area contributed by atoms with E-state index in [-0.39, 0.29) is 5.91 Å².